The molecule has 0 aliphatic rings. The second-order valence-corrected chi connectivity index (χ2v) is 4.43. The van der Waals surface area contributed by atoms with Crippen molar-refractivity contribution < 1.29 is 4.79 Å². The van der Waals surface area contributed by atoms with E-state index in [2.05, 4.69) is 0 Å². The van der Waals surface area contributed by atoms with Gasteiger partial charge in [-0.3, -0.25) is 4.79 Å². The molecule has 1 aromatic carbocycles. The Morgan fingerprint density at radius 1 is 1.47 bits per heavy atom. The van der Waals surface area contributed by atoms with Gasteiger partial charge in [0.15, 0.2) is 0 Å². The van der Waals surface area contributed by atoms with Crippen molar-refractivity contribution >= 4 is 17.4 Å². The highest BCUT2D eigenvalue weighted by molar-refractivity contribution is 6.31. The maximum atomic E-state index is 11.5. The minimum absolute atomic E-state index is 0.0650. The maximum Gasteiger partial charge on any atom is 0.135 e. The number of Topliss-reactive ketones (excluding diaryl/α,β-unsaturated/α-hetero) is 1. The van der Waals surface area contributed by atoms with Gasteiger partial charge in [-0.1, -0.05) is 37.6 Å². The number of halogens is 1. The molecule has 0 saturated heterocycles. The van der Waals surface area contributed by atoms with E-state index in [4.69, 9.17) is 11.6 Å². The summed E-state index contributed by atoms with van der Waals surface area (Å²) in [6.45, 7) is 5.87. The van der Waals surface area contributed by atoms with Gasteiger partial charge in [0.2, 0.25) is 0 Å². The van der Waals surface area contributed by atoms with E-state index in [1.54, 1.807) is 0 Å². The molecule has 0 N–H and O–H groups in total. The minimum atomic E-state index is 0.0650. The topological polar surface area (TPSA) is 17.1 Å². The van der Waals surface area contributed by atoms with E-state index in [1.807, 2.05) is 39.0 Å². The number of aryl methyl sites for hydroxylation is 1. The fourth-order valence-electron chi connectivity index (χ4n) is 1.61. The van der Waals surface area contributed by atoms with Crippen molar-refractivity contribution in [2.24, 2.45) is 5.92 Å². The molecule has 0 amide bonds. The van der Waals surface area contributed by atoms with Crippen LogP contribution < -0.4 is 0 Å². The third-order valence-electron chi connectivity index (χ3n) is 2.63. The first kappa shape index (κ1) is 12.3. The summed E-state index contributed by atoms with van der Waals surface area (Å²) < 4.78 is 0. The summed E-state index contributed by atoms with van der Waals surface area (Å²) in [5.74, 6) is 0.363. The first-order valence-electron chi connectivity index (χ1n) is 5.32. The molecular weight excluding hydrogens is 208 g/mol. The normalized spacial score (nSPS) is 12.5. The van der Waals surface area contributed by atoms with Gasteiger partial charge in [0, 0.05) is 17.4 Å². The lowest BCUT2D eigenvalue weighted by Gasteiger charge is -2.10. The highest BCUT2D eigenvalue weighted by Crippen LogP contribution is 2.21. The Morgan fingerprint density at radius 2 is 2.13 bits per heavy atom. The largest absolute Gasteiger partial charge is 0.299 e. The third-order valence-corrected chi connectivity index (χ3v) is 2.98. The second kappa shape index (κ2) is 5.32. The van der Waals surface area contributed by atoms with Crippen LogP contribution in [0.25, 0.3) is 0 Å². The summed E-state index contributed by atoms with van der Waals surface area (Å²) in [5, 5.41) is 0.769. The molecule has 0 aliphatic carbocycles. The molecule has 0 radical (unpaired) electrons. The Hall–Kier alpha value is -0.820. The van der Waals surface area contributed by atoms with Crippen LogP contribution in [0.1, 0.15) is 31.4 Å². The fourth-order valence-corrected chi connectivity index (χ4v) is 1.92. The highest BCUT2D eigenvalue weighted by Gasteiger charge is 2.12. The molecule has 1 rings (SSSR count). The lowest BCUT2D eigenvalue weighted by Crippen LogP contribution is -2.12. The molecule has 1 nitrogen and oxygen atoms in total. The number of ketones is 1. The Balaban J connectivity index is 2.76. The summed E-state index contributed by atoms with van der Waals surface area (Å²) in [4.78, 5) is 11.5. The zero-order valence-electron chi connectivity index (χ0n) is 9.51. The zero-order valence-corrected chi connectivity index (χ0v) is 10.3. The number of carbonyl (C=O) groups is 1. The van der Waals surface area contributed by atoms with Crippen LogP contribution in [0, 0.1) is 12.8 Å². The molecule has 0 heterocycles. The van der Waals surface area contributed by atoms with E-state index in [9.17, 15) is 4.79 Å². The second-order valence-electron chi connectivity index (χ2n) is 4.02. The molecular formula is C13H17ClO. The molecule has 0 fully saturated rings. The van der Waals surface area contributed by atoms with E-state index in [0.717, 1.165) is 22.6 Å². The van der Waals surface area contributed by atoms with Crippen LogP contribution in [0.5, 0.6) is 0 Å². The standard InChI is InChI=1S/C13H17ClO/c1-4-13(15)10(3)8-11-6-5-9(2)7-12(11)14/h5-7,10H,4,8H2,1-3H3. The van der Waals surface area contributed by atoms with Gasteiger partial charge in [-0.05, 0) is 30.5 Å². The van der Waals surface area contributed by atoms with E-state index in [0.29, 0.717) is 12.2 Å². The predicted molar refractivity (Wildman–Crippen MR) is 64.4 cm³/mol. The van der Waals surface area contributed by atoms with Crippen molar-refractivity contribution in [2.75, 3.05) is 0 Å². The average Bonchev–Trinajstić information content (AvgIpc) is 2.20. The molecule has 0 aromatic heterocycles. The van der Waals surface area contributed by atoms with Crippen molar-refractivity contribution in [3.05, 3.63) is 34.3 Å². The zero-order chi connectivity index (χ0) is 11.4. The molecule has 1 unspecified atom stereocenters. The number of hydrogen-bond acceptors (Lipinski definition) is 1. The SMILES string of the molecule is CCC(=O)C(C)Cc1ccc(C)cc1Cl. The van der Waals surface area contributed by atoms with Crippen LogP contribution >= 0.6 is 11.6 Å². The van der Waals surface area contributed by atoms with Gasteiger partial charge in [-0.25, -0.2) is 0 Å². The van der Waals surface area contributed by atoms with Crippen molar-refractivity contribution in [1.29, 1.82) is 0 Å². The molecule has 2 heteroatoms. The first-order valence-corrected chi connectivity index (χ1v) is 5.70. The highest BCUT2D eigenvalue weighted by atomic mass is 35.5. The van der Waals surface area contributed by atoms with Crippen molar-refractivity contribution in [3.63, 3.8) is 0 Å². The van der Waals surface area contributed by atoms with Gasteiger partial charge in [0.25, 0.3) is 0 Å². The van der Waals surface area contributed by atoms with Gasteiger partial charge < -0.3 is 0 Å². The van der Waals surface area contributed by atoms with Crippen LogP contribution in [-0.4, -0.2) is 5.78 Å². The lowest BCUT2D eigenvalue weighted by molar-refractivity contribution is -0.122. The quantitative estimate of drug-likeness (QED) is 0.760. The average molecular weight is 225 g/mol. The Kier molecular flexibility index (Phi) is 4.34. The molecule has 1 aromatic rings. The lowest BCUT2D eigenvalue weighted by atomic mass is 9.95. The minimum Gasteiger partial charge on any atom is -0.299 e. The fraction of sp³-hybridized carbons (Fsp3) is 0.462. The van der Waals surface area contributed by atoms with Crippen LogP contribution in [0.15, 0.2) is 18.2 Å². The number of rotatable bonds is 4. The summed E-state index contributed by atoms with van der Waals surface area (Å²) in [6, 6.07) is 5.99. The molecule has 15 heavy (non-hydrogen) atoms. The van der Waals surface area contributed by atoms with Gasteiger partial charge in [-0.15, -0.1) is 0 Å². The van der Waals surface area contributed by atoms with Crippen LogP contribution in [0.3, 0.4) is 0 Å². The van der Waals surface area contributed by atoms with Crippen LogP contribution in [0.4, 0.5) is 0 Å². The summed E-state index contributed by atoms with van der Waals surface area (Å²) >= 11 is 6.11. The van der Waals surface area contributed by atoms with Gasteiger partial charge in [0.05, 0.1) is 0 Å². The van der Waals surface area contributed by atoms with Crippen molar-refractivity contribution in [3.8, 4) is 0 Å². The van der Waals surface area contributed by atoms with Gasteiger partial charge in [-0.2, -0.15) is 0 Å². The van der Waals surface area contributed by atoms with E-state index < -0.39 is 0 Å². The van der Waals surface area contributed by atoms with E-state index in [-0.39, 0.29) is 5.92 Å². The van der Waals surface area contributed by atoms with Crippen LogP contribution in [-0.2, 0) is 11.2 Å². The van der Waals surface area contributed by atoms with E-state index >= 15 is 0 Å². The molecule has 82 valence electrons. The first-order chi connectivity index (χ1) is 7.04. The third kappa shape index (κ3) is 3.35. The van der Waals surface area contributed by atoms with Gasteiger partial charge >= 0.3 is 0 Å². The monoisotopic (exact) mass is 224 g/mol. The summed E-state index contributed by atoms with van der Waals surface area (Å²) in [7, 11) is 0. The number of hydrogen-bond donors (Lipinski definition) is 0. The Morgan fingerprint density at radius 3 is 2.67 bits per heavy atom. The Bertz CT molecular complexity index is 358. The van der Waals surface area contributed by atoms with E-state index in [1.165, 1.54) is 0 Å². The number of carbonyl (C=O) groups excluding carboxylic acids is 1. The summed E-state index contributed by atoms with van der Waals surface area (Å²) in [6.07, 6.45) is 1.34. The molecule has 1 atom stereocenters. The van der Waals surface area contributed by atoms with Crippen LogP contribution in [0.2, 0.25) is 5.02 Å². The predicted octanol–water partition coefficient (Wildman–Crippen LogP) is 3.81. The molecule has 0 bridgehead atoms. The smallest absolute Gasteiger partial charge is 0.135 e. The van der Waals surface area contributed by atoms with Gasteiger partial charge in [0.1, 0.15) is 5.78 Å². The maximum absolute atomic E-state index is 11.5. The molecule has 0 spiro atoms. The number of benzene rings is 1. The summed E-state index contributed by atoms with van der Waals surface area (Å²) in [5.41, 5.74) is 2.22. The Labute approximate surface area is 96.5 Å². The molecule has 0 saturated carbocycles. The van der Waals surface area contributed by atoms with Crippen molar-refractivity contribution in [2.45, 2.75) is 33.6 Å². The molecule has 0 aliphatic heterocycles. The van der Waals surface area contributed by atoms with Crippen molar-refractivity contribution in [1.82, 2.24) is 0 Å².